The largest absolute Gasteiger partial charge is 0.453 e. The number of rotatable bonds is 5. The number of hydrogen-bond acceptors (Lipinski definition) is 7. The molecular formula is C35H45ClFN4O5P. The summed E-state index contributed by atoms with van der Waals surface area (Å²) in [7, 11) is 3.82. The Bertz CT molecular complexity index is 1600. The average Bonchev–Trinajstić information content (AvgIpc) is 3.00. The number of carbonyl (C=O) groups excluding carboxylic acids is 2. The zero-order chi connectivity index (χ0) is 34.5. The third-order valence-corrected chi connectivity index (χ3v) is 9.90. The molecule has 2 aromatic carbocycles. The van der Waals surface area contributed by atoms with Crippen molar-refractivity contribution in [2.45, 2.75) is 83.8 Å². The Labute approximate surface area is 283 Å². The summed E-state index contributed by atoms with van der Waals surface area (Å²) in [6.45, 7) is 12.4. The number of amides is 2. The van der Waals surface area contributed by atoms with Gasteiger partial charge in [-0.15, -0.1) is 9.24 Å². The Morgan fingerprint density at radius 2 is 2.02 bits per heavy atom. The smallest absolute Gasteiger partial charge is 0.411 e. The number of aryl methyl sites for hydroxylation is 1. The molecule has 0 bridgehead atoms. The minimum absolute atomic E-state index is 0.125. The second-order valence-corrected chi connectivity index (χ2v) is 13.1. The van der Waals surface area contributed by atoms with Crippen molar-refractivity contribution in [3.8, 4) is 0 Å². The van der Waals surface area contributed by atoms with Gasteiger partial charge < -0.3 is 25.2 Å². The maximum absolute atomic E-state index is 15.3. The van der Waals surface area contributed by atoms with E-state index in [9.17, 15) is 14.7 Å². The Balaban J connectivity index is 1.72. The first-order valence-electron chi connectivity index (χ1n) is 15.7. The summed E-state index contributed by atoms with van der Waals surface area (Å²) in [5.74, 6) is -2.56. The van der Waals surface area contributed by atoms with Crippen LogP contribution in [0, 0.1) is 12.7 Å². The molecule has 9 nitrogen and oxygen atoms in total. The summed E-state index contributed by atoms with van der Waals surface area (Å²) in [4.78, 5) is 26.9. The van der Waals surface area contributed by atoms with Crippen LogP contribution in [-0.2, 0) is 20.1 Å². The highest BCUT2D eigenvalue weighted by Gasteiger charge is 2.51. The maximum atomic E-state index is 15.3. The Hall–Kier alpha value is -3.27. The third-order valence-electron chi connectivity index (χ3n) is 8.78. The van der Waals surface area contributed by atoms with E-state index in [2.05, 4.69) is 36.7 Å². The third kappa shape index (κ3) is 8.24. The van der Waals surface area contributed by atoms with Gasteiger partial charge in [-0.1, -0.05) is 55.8 Å². The molecule has 2 heterocycles. The molecule has 0 spiro atoms. The number of fused-ring (bicyclic) bond motifs is 1. The lowest BCUT2D eigenvalue weighted by Gasteiger charge is -2.54. The van der Waals surface area contributed by atoms with Gasteiger partial charge in [-0.3, -0.25) is 15.0 Å². The Morgan fingerprint density at radius 3 is 2.72 bits per heavy atom. The molecule has 2 aliphatic heterocycles. The normalized spacial score (nSPS) is 26.8. The number of aliphatic hydroxyl groups is 1. The second-order valence-electron chi connectivity index (χ2n) is 12.2. The summed E-state index contributed by atoms with van der Waals surface area (Å²) in [6, 6.07) is 7.81. The number of benzene rings is 2. The van der Waals surface area contributed by atoms with Crippen LogP contribution in [0.25, 0.3) is 5.57 Å². The highest BCUT2D eigenvalue weighted by molar-refractivity contribution is 7.27. The van der Waals surface area contributed by atoms with Gasteiger partial charge >= 0.3 is 6.09 Å². The van der Waals surface area contributed by atoms with Crippen LogP contribution in [0.1, 0.15) is 76.0 Å². The molecule has 4 unspecified atom stereocenters. The zero-order valence-electron chi connectivity index (χ0n) is 27.6. The van der Waals surface area contributed by atoms with Crippen molar-refractivity contribution in [1.82, 2.24) is 10.2 Å². The van der Waals surface area contributed by atoms with E-state index in [0.717, 1.165) is 12.0 Å². The molecule has 1 fully saturated rings. The maximum Gasteiger partial charge on any atom is 0.411 e. The van der Waals surface area contributed by atoms with Gasteiger partial charge in [-0.25, -0.2) is 9.18 Å². The van der Waals surface area contributed by atoms with E-state index >= 15 is 4.39 Å². The van der Waals surface area contributed by atoms with Crippen molar-refractivity contribution in [1.29, 1.82) is 0 Å². The highest BCUT2D eigenvalue weighted by atomic mass is 35.5. The van der Waals surface area contributed by atoms with E-state index in [4.69, 9.17) is 21.1 Å². The molecule has 0 aliphatic carbocycles. The summed E-state index contributed by atoms with van der Waals surface area (Å²) in [5, 5.41) is 21.6. The number of allylic oxidation sites excluding steroid dienone is 2. The lowest BCUT2D eigenvalue weighted by Crippen LogP contribution is -2.63. The van der Waals surface area contributed by atoms with Crippen LogP contribution < -0.4 is 21.3 Å². The van der Waals surface area contributed by atoms with E-state index in [1.807, 2.05) is 39.8 Å². The van der Waals surface area contributed by atoms with Gasteiger partial charge in [-0.2, -0.15) is 0 Å². The predicted octanol–water partition coefficient (Wildman–Crippen LogP) is 6.97. The molecule has 2 amide bonds. The van der Waals surface area contributed by atoms with Crippen LogP contribution >= 0.6 is 20.8 Å². The number of anilines is 2. The molecule has 1 saturated heterocycles. The molecule has 47 heavy (non-hydrogen) atoms. The van der Waals surface area contributed by atoms with Crippen molar-refractivity contribution in [3.05, 3.63) is 82.4 Å². The lowest BCUT2D eigenvalue weighted by atomic mass is 9.92. The Kier molecular flexibility index (Phi) is 11.9. The number of carbonyl (C=O) groups is 2. The fourth-order valence-electron chi connectivity index (χ4n) is 6.28. The fourth-order valence-corrected chi connectivity index (χ4v) is 6.96. The lowest BCUT2D eigenvalue weighted by molar-refractivity contribution is -0.348. The number of methoxy groups -OCH3 is 1. The molecule has 2 aromatic rings. The number of nitrogens with zero attached hydrogens (tertiary/aromatic N) is 1. The van der Waals surface area contributed by atoms with Crippen LogP contribution in [0.5, 0.6) is 0 Å². The van der Waals surface area contributed by atoms with Crippen molar-refractivity contribution in [3.63, 3.8) is 0 Å². The van der Waals surface area contributed by atoms with E-state index in [0.29, 0.717) is 64.5 Å². The molecule has 4 N–H and O–H groups in total. The number of hydrogen-bond donors (Lipinski definition) is 4. The van der Waals surface area contributed by atoms with Crippen LogP contribution in [0.4, 0.5) is 20.6 Å². The van der Waals surface area contributed by atoms with E-state index in [-0.39, 0.29) is 30.4 Å². The van der Waals surface area contributed by atoms with Gasteiger partial charge in [0.25, 0.3) is 0 Å². The molecule has 0 radical (unpaired) electrons. The van der Waals surface area contributed by atoms with Gasteiger partial charge in [0, 0.05) is 36.3 Å². The molecular weight excluding hydrogens is 642 g/mol. The molecule has 254 valence electrons. The predicted molar refractivity (Wildman–Crippen MR) is 189 cm³/mol. The van der Waals surface area contributed by atoms with Crippen molar-refractivity contribution in [2.75, 3.05) is 24.3 Å². The van der Waals surface area contributed by atoms with E-state index < -0.39 is 23.4 Å². The first kappa shape index (κ1) is 36.6. The molecule has 12 heteroatoms. The SMILES string of the molecule is C=C1N/C(Cl)=C(\C)c2ccc(NC(=O)OC)cc2NC(=O)CC/C=C/CC1N1CCC(O)(c2c(F)ccc(C)c2P)OC1(C)CCC. The van der Waals surface area contributed by atoms with Crippen molar-refractivity contribution >= 4 is 55.1 Å². The zero-order valence-corrected chi connectivity index (χ0v) is 29.5. The highest BCUT2D eigenvalue weighted by Crippen LogP contribution is 2.43. The van der Waals surface area contributed by atoms with Gasteiger partial charge in [0.1, 0.15) is 16.7 Å². The Morgan fingerprint density at radius 1 is 1.28 bits per heavy atom. The number of ether oxygens (including phenoxy) is 2. The van der Waals surface area contributed by atoms with Crippen LogP contribution in [0.2, 0.25) is 0 Å². The van der Waals surface area contributed by atoms with Gasteiger partial charge in [0.15, 0.2) is 5.79 Å². The summed E-state index contributed by atoms with van der Waals surface area (Å²) >= 11 is 6.91. The molecule has 4 rings (SSSR count). The van der Waals surface area contributed by atoms with E-state index in [1.165, 1.54) is 13.2 Å². The van der Waals surface area contributed by atoms with Crippen LogP contribution in [0.3, 0.4) is 0 Å². The van der Waals surface area contributed by atoms with Gasteiger partial charge in [0.05, 0.1) is 24.4 Å². The minimum Gasteiger partial charge on any atom is -0.453 e. The molecule has 4 atom stereocenters. The standard InChI is InChI=1S/C35H45ClFN4O5P/c1-7-17-34(5)41(19-18-35(44,46-34)30-26(37)16-13-21(2)31(30)47)28-11-9-8-10-12-29(42)40-27-20-24(39-33(43)45-6)14-15-25(27)22(3)32(36)38-23(28)4/h8-9,13-16,20,28,38,44H,4,7,10-12,17-19,47H2,1-3,5-6H3,(H,39,43)(H,40,42)/b9-8+,32-22+. The second kappa shape index (κ2) is 15.3. The quantitative estimate of drug-likeness (QED) is 0.153. The van der Waals surface area contributed by atoms with Crippen molar-refractivity contribution < 1.29 is 28.6 Å². The number of halogens is 2. The van der Waals surface area contributed by atoms with Gasteiger partial charge in [-0.05, 0) is 74.7 Å². The van der Waals surface area contributed by atoms with Crippen LogP contribution in [-0.4, -0.2) is 47.4 Å². The first-order chi connectivity index (χ1) is 22.2. The molecule has 0 saturated carbocycles. The topological polar surface area (TPSA) is 112 Å². The molecule has 2 aliphatic rings. The average molecular weight is 687 g/mol. The monoisotopic (exact) mass is 686 g/mol. The summed E-state index contributed by atoms with van der Waals surface area (Å²) < 4.78 is 26.6. The number of nitrogens with one attached hydrogen (secondary N) is 3. The minimum atomic E-state index is -1.84. The molecule has 0 aromatic heterocycles. The van der Waals surface area contributed by atoms with Gasteiger partial charge in [0.2, 0.25) is 5.91 Å². The first-order valence-corrected chi connectivity index (χ1v) is 16.7. The van der Waals surface area contributed by atoms with Crippen molar-refractivity contribution in [2.24, 2.45) is 0 Å². The van der Waals surface area contributed by atoms with E-state index in [1.54, 1.807) is 24.3 Å². The fraction of sp³-hybridized carbons (Fsp3) is 0.429. The van der Waals surface area contributed by atoms with Crippen LogP contribution in [0.15, 0.2) is 59.9 Å². The summed E-state index contributed by atoms with van der Waals surface area (Å²) in [5.41, 5.74) is 2.79. The summed E-state index contributed by atoms with van der Waals surface area (Å²) in [6.07, 6.45) is 5.99.